The van der Waals surface area contributed by atoms with Gasteiger partial charge in [0.25, 0.3) is 0 Å². The first-order valence-electron chi connectivity index (χ1n) is 9.03. The molecule has 0 saturated heterocycles. The van der Waals surface area contributed by atoms with E-state index in [1.54, 1.807) is 6.08 Å². The fraction of sp³-hybridized carbons (Fsp3) is 0.381. The molecule has 1 aromatic carbocycles. The van der Waals surface area contributed by atoms with Crippen LogP contribution in [0.4, 0.5) is 4.39 Å². The van der Waals surface area contributed by atoms with Crippen molar-refractivity contribution in [3.05, 3.63) is 71.3 Å². The van der Waals surface area contributed by atoms with E-state index in [-0.39, 0.29) is 11.6 Å². The molecule has 0 saturated carbocycles. The average molecular weight is 425 g/mol. The van der Waals surface area contributed by atoms with E-state index in [1.165, 1.54) is 6.20 Å². The van der Waals surface area contributed by atoms with Gasteiger partial charge in [0.1, 0.15) is 22.1 Å². The molecule has 0 aliphatic carbocycles. The highest BCUT2D eigenvalue weighted by molar-refractivity contribution is 7.90. The average Bonchev–Trinajstić information content (AvgIpc) is 2.66. The first kappa shape index (κ1) is 22.7. The molecule has 1 aromatic heterocycles. The lowest BCUT2D eigenvalue weighted by Gasteiger charge is -2.29. The van der Waals surface area contributed by atoms with Gasteiger partial charge >= 0.3 is 0 Å². The second-order valence-electron chi connectivity index (χ2n) is 7.33. The summed E-state index contributed by atoms with van der Waals surface area (Å²) in [6, 6.07) is 9.13. The number of nitrogens with one attached hydrogen (secondary N) is 1. The van der Waals surface area contributed by atoms with E-state index in [1.807, 2.05) is 51.1 Å². The van der Waals surface area contributed by atoms with E-state index >= 15 is 0 Å². The van der Waals surface area contributed by atoms with Crippen LogP contribution in [0.15, 0.2) is 49.2 Å². The molecule has 1 N–H and O–H groups in total. The molecule has 0 radical (unpaired) electrons. The summed E-state index contributed by atoms with van der Waals surface area (Å²) in [5, 5.41) is -0.127. The lowest BCUT2D eigenvalue weighted by Crippen LogP contribution is -2.41. The Hall–Kier alpha value is -1.60. The van der Waals surface area contributed by atoms with E-state index in [2.05, 4.69) is 16.3 Å². The molecule has 152 valence electrons. The van der Waals surface area contributed by atoms with E-state index in [0.29, 0.717) is 24.2 Å². The fourth-order valence-corrected chi connectivity index (χ4v) is 3.61. The zero-order valence-corrected chi connectivity index (χ0v) is 17.9. The van der Waals surface area contributed by atoms with Gasteiger partial charge in [-0.15, -0.1) is 11.3 Å². The van der Waals surface area contributed by atoms with Gasteiger partial charge in [0, 0.05) is 16.9 Å². The number of halogens is 2. The maximum Gasteiger partial charge on any atom is 0.232 e. The highest BCUT2D eigenvalue weighted by Crippen LogP contribution is 2.37. The summed E-state index contributed by atoms with van der Waals surface area (Å²) in [5.74, 6) is -0.418. The number of hydrogen-bond acceptors (Lipinski definition) is 4. The van der Waals surface area contributed by atoms with Crippen molar-refractivity contribution in [2.75, 3.05) is 0 Å². The summed E-state index contributed by atoms with van der Waals surface area (Å²) >= 11 is 4.89. The van der Waals surface area contributed by atoms with Crippen molar-refractivity contribution >= 4 is 23.0 Å². The Balaban J connectivity index is 2.36. The largest absolute Gasteiger partial charge is 0.598 e. The van der Waals surface area contributed by atoms with Gasteiger partial charge in [-0.05, 0) is 39.2 Å². The second-order valence-corrected chi connectivity index (χ2v) is 9.71. The number of benzene rings is 1. The van der Waals surface area contributed by atoms with Gasteiger partial charge in [0.15, 0.2) is 0 Å². The van der Waals surface area contributed by atoms with Gasteiger partial charge in [0.2, 0.25) is 5.95 Å². The molecule has 7 heteroatoms. The van der Waals surface area contributed by atoms with Crippen LogP contribution in [0.5, 0.6) is 5.75 Å². The Morgan fingerprint density at radius 1 is 1.36 bits per heavy atom. The molecule has 28 heavy (non-hydrogen) atoms. The van der Waals surface area contributed by atoms with Crippen LogP contribution in [-0.2, 0) is 18.0 Å². The molecule has 0 amide bonds. The van der Waals surface area contributed by atoms with Crippen molar-refractivity contribution in [1.82, 2.24) is 9.71 Å². The van der Waals surface area contributed by atoms with Crippen molar-refractivity contribution in [2.24, 2.45) is 0 Å². The summed E-state index contributed by atoms with van der Waals surface area (Å²) in [5.41, 5.74) is 1.38. The number of ether oxygens (including phenoxy) is 1. The Bertz CT molecular complexity index is 784. The van der Waals surface area contributed by atoms with Crippen LogP contribution in [0.25, 0.3) is 0 Å². The molecular formula is C21H26ClFN2O2S. The molecule has 0 spiro atoms. The SMILES string of the molecule is C=CCC[C@@H](N[S@@+]([O-])C(C)(C)C)c1c(OCc2ccccc2)cnc(F)c1Cl. The summed E-state index contributed by atoms with van der Waals surface area (Å²) in [6.45, 7) is 9.61. The summed E-state index contributed by atoms with van der Waals surface area (Å²) in [6.07, 6.45) is 4.25. The quantitative estimate of drug-likeness (QED) is 0.327. The van der Waals surface area contributed by atoms with Crippen LogP contribution in [0, 0.1) is 5.95 Å². The topological polar surface area (TPSA) is 57.2 Å². The third kappa shape index (κ3) is 6.21. The lowest BCUT2D eigenvalue weighted by atomic mass is 10.0. The summed E-state index contributed by atoms with van der Waals surface area (Å²) < 4.78 is 35.3. The maximum atomic E-state index is 14.2. The van der Waals surface area contributed by atoms with Crippen molar-refractivity contribution in [1.29, 1.82) is 0 Å². The predicted octanol–water partition coefficient (Wildman–Crippen LogP) is 5.51. The van der Waals surface area contributed by atoms with E-state index in [9.17, 15) is 8.94 Å². The van der Waals surface area contributed by atoms with Crippen molar-refractivity contribution < 1.29 is 13.7 Å². The monoisotopic (exact) mass is 424 g/mol. The van der Waals surface area contributed by atoms with Crippen molar-refractivity contribution in [3.8, 4) is 5.75 Å². The third-order valence-electron chi connectivity index (χ3n) is 4.03. The van der Waals surface area contributed by atoms with Crippen LogP contribution in [-0.4, -0.2) is 14.3 Å². The van der Waals surface area contributed by atoms with Gasteiger partial charge in [0.05, 0.1) is 12.2 Å². The van der Waals surface area contributed by atoms with Crippen molar-refractivity contribution in [2.45, 2.75) is 51.0 Å². The predicted molar refractivity (Wildman–Crippen MR) is 113 cm³/mol. The van der Waals surface area contributed by atoms with Crippen LogP contribution in [0.1, 0.15) is 50.8 Å². The molecule has 4 nitrogen and oxygen atoms in total. The first-order valence-corrected chi connectivity index (χ1v) is 10.6. The van der Waals surface area contributed by atoms with Crippen LogP contribution >= 0.6 is 11.6 Å². The van der Waals surface area contributed by atoms with Gasteiger partial charge < -0.3 is 9.29 Å². The Kier molecular flexibility index (Phi) is 8.31. The third-order valence-corrected chi connectivity index (χ3v) is 6.00. The smallest absolute Gasteiger partial charge is 0.232 e. The fourth-order valence-electron chi connectivity index (χ4n) is 2.49. The highest BCUT2D eigenvalue weighted by atomic mass is 35.5. The minimum absolute atomic E-state index is 0.127. The first-order chi connectivity index (χ1) is 13.2. The molecule has 2 aromatic rings. The van der Waals surface area contributed by atoms with E-state index in [4.69, 9.17) is 16.3 Å². The highest BCUT2D eigenvalue weighted by Gasteiger charge is 2.32. The molecule has 0 aliphatic rings. The van der Waals surface area contributed by atoms with Gasteiger partial charge in [-0.3, -0.25) is 0 Å². The summed E-state index contributed by atoms with van der Waals surface area (Å²) in [4.78, 5) is 3.69. The Morgan fingerprint density at radius 3 is 2.64 bits per heavy atom. The number of hydrogen-bond donors (Lipinski definition) is 1. The molecule has 0 aliphatic heterocycles. The van der Waals surface area contributed by atoms with E-state index in [0.717, 1.165) is 5.56 Å². The molecule has 1 heterocycles. The van der Waals surface area contributed by atoms with Crippen molar-refractivity contribution in [3.63, 3.8) is 0 Å². The lowest BCUT2D eigenvalue weighted by molar-refractivity contribution is 0.297. The van der Waals surface area contributed by atoms with Crippen LogP contribution in [0.3, 0.4) is 0 Å². The van der Waals surface area contributed by atoms with Gasteiger partial charge in [-0.25, -0.2) is 4.98 Å². The molecular weight excluding hydrogens is 399 g/mol. The zero-order chi connectivity index (χ0) is 20.7. The minimum atomic E-state index is -1.38. The second kappa shape index (κ2) is 10.3. The maximum absolute atomic E-state index is 14.2. The molecule has 0 fully saturated rings. The Labute approximate surface area is 174 Å². The van der Waals surface area contributed by atoms with Gasteiger partial charge in [-0.2, -0.15) is 4.39 Å². The number of aromatic nitrogens is 1. The van der Waals surface area contributed by atoms with E-state index < -0.39 is 28.1 Å². The summed E-state index contributed by atoms with van der Waals surface area (Å²) in [7, 11) is 0. The zero-order valence-electron chi connectivity index (χ0n) is 16.4. The standard InChI is InChI=1S/C21H26ClFN2O2S/c1-5-6-12-16(25-28(26)21(2,3)4)18-17(13-24-20(23)19(18)22)27-14-15-10-8-7-9-11-15/h5,7-11,13,16,25H,1,6,12,14H2,2-4H3/t16-,28+/m1/s1. The van der Waals surface area contributed by atoms with Crippen LogP contribution < -0.4 is 9.46 Å². The van der Waals surface area contributed by atoms with Gasteiger partial charge in [-0.1, -0.05) is 48.0 Å². The molecule has 2 atom stereocenters. The minimum Gasteiger partial charge on any atom is -0.598 e. The molecule has 2 rings (SSSR count). The molecule has 0 bridgehead atoms. The number of allylic oxidation sites excluding steroid dienone is 1. The number of pyridine rings is 1. The van der Waals surface area contributed by atoms with Crippen LogP contribution in [0.2, 0.25) is 5.02 Å². The Morgan fingerprint density at radius 2 is 2.04 bits per heavy atom. The number of rotatable bonds is 9. The molecule has 0 unspecified atom stereocenters. The normalized spacial score (nSPS) is 13.8. The number of nitrogens with zero attached hydrogens (tertiary/aromatic N) is 1.